The number of anilines is 2. The molecule has 0 aliphatic heterocycles. The molecule has 1 fully saturated rings. The molecule has 1 aliphatic carbocycles. The Balaban J connectivity index is 1.28. The zero-order valence-corrected chi connectivity index (χ0v) is 23.4. The molecule has 1 saturated carbocycles. The first kappa shape index (κ1) is 26.4. The Bertz CT molecular complexity index is 1760. The van der Waals surface area contributed by atoms with Gasteiger partial charge < -0.3 is 16.0 Å². The van der Waals surface area contributed by atoms with Gasteiger partial charge in [-0.3, -0.25) is 14.8 Å². The van der Waals surface area contributed by atoms with Crippen LogP contribution in [0, 0.1) is 25.2 Å². The molecule has 5 aromatic rings. The molecule has 208 valence electrons. The topological polar surface area (TPSA) is 138 Å². The summed E-state index contributed by atoms with van der Waals surface area (Å²) in [7, 11) is 0. The first-order chi connectivity index (χ1) is 19.8. The van der Waals surface area contributed by atoms with E-state index in [9.17, 15) is 4.79 Å². The highest BCUT2D eigenvalue weighted by molar-refractivity contribution is 6.15. The van der Waals surface area contributed by atoms with Crippen molar-refractivity contribution in [1.82, 2.24) is 24.5 Å². The van der Waals surface area contributed by atoms with Crippen LogP contribution in [0.15, 0.2) is 61.3 Å². The number of nitrogen functional groups attached to an aromatic ring is 1. The number of nitrogens with zero attached hydrogens (tertiary/aromatic N) is 4. The van der Waals surface area contributed by atoms with E-state index >= 15 is 0 Å². The molecule has 1 aliphatic rings. The van der Waals surface area contributed by atoms with E-state index in [1.807, 2.05) is 61.0 Å². The number of amides is 1. The van der Waals surface area contributed by atoms with Crippen LogP contribution in [0.4, 0.5) is 11.5 Å². The van der Waals surface area contributed by atoms with Crippen LogP contribution in [-0.4, -0.2) is 36.1 Å². The van der Waals surface area contributed by atoms with Gasteiger partial charge in [0.25, 0.3) is 0 Å². The van der Waals surface area contributed by atoms with E-state index in [4.69, 9.17) is 11.1 Å². The van der Waals surface area contributed by atoms with Gasteiger partial charge in [0.05, 0.1) is 22.6 Å². The molecule has 6 rings (SSSR count). The average molecular weight is 547 g/mol. The van der Waals surface area contributed by atoms with Crippen molar-refractivity contribution in [1.29, 1.82) is 5.41 Å². The number of hydrogen-bond acceptors (Lipinski definition) is 6. The molecular weight excluding hydrogens is 512 g/mol. The van der Waals surface area contributed by atoms with Crippen molar-refractivity contribution in [3.05, 3.63) is 83.8 Å². The second kappa shape index (κ2) is 11.0. The molecule has 1 amide bonds. The predicted molar refractivity (Wildman–Crippen MR) is 163 cm³/mol. The predicted octanol–water partition coefficient (Wildman–Crippen LogP) is 6.33. The van der Waals surface area contributed by atoms with Crippen LogP contribution in [0.5, 0.6) is 0 Å². The van der Waals surface area contributed by atoms with Gasteiger partial charge >= 0.3 is 0 Å². The fourth-order valence-electron chi connectivity index (χ4n) is 5.78. The number of aromatic amines is 1. The summed E-state index contributed by atoms with van der Waals surface area (Å²) in [6, 6.07) is 11.7. The third-order valence-corrected chi connectivity index (χ3v) is 7.83. The molecule has 4 heterocycles. The number of fused-ring (bicyclic) bond motifs is 1. The Morgan fingerprint density at radius 1 is 1.07 bits per heavy atom. The van der Waals surface area contributed by atoms with Crippen molar-refractivity contribution in [3.8, 4) is 16.9 Å². The summed E-state index contributed by atoms with van der Waals surface area (Å²) in [5.74, 6) is 1.54. The Kier molecular flexibility index (Phi) is 7.09. The minimum Gasteiger partial charge on any atom is -0.383 e. The lowest BCUT2D eigenvalue weighted by Gasteiger charge is -2.21. The summed E-state index contributed by atoms with van der Waals surface area (Å²) >= 11 is 0. The van der Waals surface area contributed by atoms with Crippen molar-refractivity contribution in [3.63, 3.8) is 0 Å². The van der Waals surface area contributed by atoms with Crippen LogP contribution < -0.4 is 11.1 Å². The second-order valence-corrected chi connectivity index (χ2v) is 11.1. The summed E-state index contributed by atoms with van der Waals surface area (Å²) in [4.78, 5) is 29.4. The van der Waals surface area contributed by atoms with Gasteiger partial charge in [-0.25, -0.2) is 15.0 Å². The van der Waals surface area contributed by atoms with Crippen LogP contribution >= 0.6 is 0 Å². The van der Waals surface area contributed by atoms with Gasteiger partial charge in [0, 0.05) is 47.2 Å². The number of aromatic nitrogens is 5. The molecule has 0 spiro atoms. The summed E-state index contributed by atoms with van der Waals surface area (Å²) in [6.07, 6.45) is 13.6. The quantitative estimate of drug-likeness (QED) is 0.177. The van der Waals surface area contributed by atoms with E-state index in [2.05, 4.69) is 25.3 Å². The van der Waals surface area contributed by atoms with Crippen LogP contribution in [0.2, 0.25) is 0 Å². The minimum atomic E-state index is 0.0601. The number of nitrogens with one attached hydrogen (secondary N) is 3. The molecule has 4 aromatic heterocycles. The minimum absolute atomic E-state index is 0.0601. The maximum Gasteiger partial charge on any atom is 0.224 e. The summed E-state index contributed by atoms with van der Waals surface area (Å²) in [5, 5.41) is 13.0. The zero-order valence-electron chi connectivity index (χ0n) is 23.4. The van der Waals surface area contributed by atoms with Gasteiger partial charge in [0.2, 0.25) is 5.91 Å². The first-order valence-corrected chi connectivity index (χ1v) is 14.1. The van der Waals surface area contributed by atoms with Crippen LogP contribution in [0.1, 0.15) is 61.0 Å². The van der Waals surface area contributed by atoms with Crippen LogP contribution in [-0.2, 0) is 4.79 Å². The summed E-state index contributed by atoms with van der Waals surface area (Å²) < 4.78 is 1.87. The van der Waals surface area contributed by atoms with Gasteiger partial charge in [-0.05, 0) is 74.1 Å². The number of rotatable bonds is 7. The van der Waals surface area contributed by atoms with Gasteiger partial charge in [-0.1, -0.05) is 25.3 Å². The highest BCUT2D eigenvalue weighted by Gasteiger charge is 2.19. The molecule has 0 bridgehead atoms. The lowest BCUT2D eigenvalue weighted by atomic mass is 9.87. The fourth-order valence-corrected chi connectivity index (χ4v) is 5.78. The number of carbonyl (C=O) groups is 1. The van der Waals surface area contributed by atoms with E-state index in [0.717, 1.165) is 57.6 Å². The van der Waals surface area contributed by atoms with Gasteiger partial charge in [0.1, 0.15) is 18.0 Å². The maximum atomic E-state index is 12.8. The summed E-state index contributed by atoms with van der Waals surface area (Å²) in [5.41, 5.74) is 12.9. The van der Waals surface area contributed by atoms with E-state index in [0.29, 0.717) is 23.6 Å². The monoisotopic (exact) mass is 546 g/mol. The number of pyridine rings is 2. The van der Waals surface area contributed by atoms with Crippen molar-refractivity contribution in [2.24, 2.45) is 5.92 Å². The van der Waals surface area contributed by atoms with Gasteiger partial charge in [-0.15, -0.1) is 0 Å². The Labute approximate surface area is 238 Å². The fraction of sp³-hybridized carbons (Fsp3) is 0.281. The Hall–Kier alpha value is -4.79. The molecule has 0 saturated heterocycles. The lowest BCUT2D eigenvalue weighted by Crippen LogP contribution is -2.18. The average Bonchev–Trinajstić information content (AvgIpc) is 3.59. The van der Waals surface area contributed by atoms with Crippen LogP contribution in [0.3, 0.4) is 0 Å². The number of benzene rings is 1. The number of aryl methyl sites for hydroxylation is 2. The van der Waals surface area contributed by atoms with Crippen molar-refractivity contribution in [2.45, 2.75) is 52.4 Å². The van der Waals surface area contributed by atoms with E-state index in [1.54, 1.807) is 18.7 Å². The number of nitrogens with two attached hydrogens (primary N) is 1. The zero-order chi connectivity index (χ0) is 28.5. The number of carbonyl (C=O) groups excluding carboxylic acids is 1. The molecule has 9 heteroatoms. The highest BCUT2D eigenvalue weighted by Crippen LogP contribution is 2.30. The first-order valence-electron chi connectivity index (χ1n) is 14.1. The molecule has 0 atom stereocenters. The van der Waals surface area contributed by atoms with Crippen molar-refractivity contribution in [2.75, 3.05) is 11.1 Å². The number of imidazole rings is 1. The van der Waals surface area contributed by atoms with E-state index in [-0.39, 0.29) is 17.4 Å². The molecule has 0 unspecified atom stereocenters. The third kappa shape index (κ3) is 5.61. The smallest absolute Gasteiger partial charge is 0.224 e. The molecular formula is C32H34N8O. The van der Waals surface area contributed by atoms with E-state index < -0.39 is 0 Å². The Morgan fingerprint density at radius 2 is 1.90 bits per heavy atom. The number of hydrogen-bond donors (Lipinski definition) is 4. The second-order valence-electron chi connectivity index (χ2n) is 11.1. The van der Waals surface area contributed by atoms with Gasteiger partial charge in [0.15, 0.2) is 0 Å². The third-order valence-electron chi connectivity index (χ3n) is 7.83. The largest absolute Gasteiger partial charge is 0.383 e. The SMILES string of the molecule is Cc1cc(NC(=O)CC2CCCCC2)cc(-c2cnc(N)c(C(=N)c3cc4c(-n5cnc(C)c5)nccc4[nH]3)c2)c1. The molecule has 0 radical (unpaired) electrons. The van der Waals surface area contributed by atoms with E-state index in [1.165, 1.54) is 19.3 Å². The normalized spacial score (nSPS) is 13.9. The number of H-pyrrole nitrogens is 1. The van der Waals surface area contributed by atoms with Crippen molar-refractivity contribution < 1.29 is 4.79 Å². The summed E-state index contributed by atoms with van der Waals surface area (Å²) in [6.45, 7) is 3.94. The van der Waals surface area contributed by atoms with Crippen LogP contribution in [0.25, 0.3) is 27.8 Å². The molecule has 41 heavy (non-hydrogen) atoms. The van der Waals surface area contributed by atoms with Gasteiger partial charge in [-0.2, -0.15) is 0 Å². The highest BCUT2D eigenvalue weighted by atomic mass is 16.1. The standard InChI is InChI=1S/C32H34N8O/c1-19-10-22(13-24(11-19)38-29(41)12-21-6-4-3-5-7-21)23-14-26(31(34)36-16-23)30(33)28-15-25-27(39-28)8-9-35-32(25)40-17-20(2)37-18-40/h8-11,13-18,21,33,39H,3-7,12H2,1-2H3,(H2,34,36)(H,38,41). The maximum absolute atomic E-state index is 12.8. The molecule has 9 nitrogen and oxygen atoms in total. The lowest BCUT2D eigenvalue weighted by molar-refractivity contribution is -0.117. The molecule has 1 aromatic carbocycles. The Morgan fingerprint density at radius 3 is 2.68 bits per heavy atom. The van der Waals surface area contributed by atoms with Crippen molar-refractivity contribution >= 4 is 34.0 Å². The molecule has 5 N–H and O–H groups in total.